The van der Waals surface area contributed by atoms with Crippen LogP contribution in [-0.4, -0.2) is 47.2 Å². The van der Waals surface area contributed by atoms with Crippen molar-refractivity contribution in [1.82, 2.24) is 0 Å². The number of hydrogen-bond donors (Lipinski definition) is 0. The summed E-state index contributed by atoms with van der Waals surface area (Å²) in [5, 5.41) is -0.159. The molecule has 1 aromatic rings. The summed E-state index contributed by atoms with van der Waals surface area (Å²) in [4.78, 5) is 23.4. The number of carbonyl (C=O) groups excluding carboxylic acids is 2. The second-order valence-corrected chi connectivity index (χ2v) is 7.52. The van der Waals surface area contributed by atoms with Crippen molar-refractivity contribution in [1.29, 1.82) is 0 Å². The Bertz CT molecular complexity index is 617. The zero-order valence-corrected chi connectivity index (χ0v) is 14.6. The lowest BCUT2D eigenvalue weighted by Crippen LogP contribution is -2.33. The van der Waals surface area contributed by atoms with Gasteiger partial charge in [0.2, 0.25) is 0 Å². The van der Waals surface area contributed by atoms with E-state index < -0.39 is 11.2 Å². The van der Waals surface area contributed by atoms with Crippen LogP contribution in [0.15, 0.2) is 30.3 Å². The molecule has 7 heteroatoms. The molecule has 0 N–H and O–H groups in total. The molecular weight excluding hydrogens is 332 g/mol. The number of ether oxygens (including phenoxy) is 4. The van der Waals surface area contributed by atoms with Crippen molar-refractivity contribution in [3.05, 3.63) is 35.9 Å². The molecule has 0 amide bonds. The van der Waals surface area contributed by atoms with Crippen molar-refractivity contribution in [2.24, 2.45) is 0 Å². The van der Waals surface area contributed by atoms with Gasteiger partial charge in [-0.2, -0.15) is 0 Å². The lowest BCUT2D eigenvalue weighted by molar-refractivity contribution is -0.163. The van der Waals surface area contributed by atoms with E-state index in [1.807, 2.05) is 19.9 Å². The molecule has 4 unspecified atom stereocenters. The highest BCUT2D eigenvalue weighted by Crippen LogP contribution is 2.46. The van der Waals surface area contributed by atoms with Gasteiger partial charge in [0.25, 0.3) is 0 Å². The van der Waals surface area contributed by atoms with Crippen LogP contribution in [0.5, 0.6) is 0 Å². The summed E-state index contributed by atoms with van der Waals surface area (Å²) in [5.74, 6) is -1.51. The van der Waals surface area contributed by atoms with Gasteiger partial charge in [-0.1, -0.05) is 18.2 Å². The molecule has 6 nitrogen and oxygen atoms in total. The molecule has 2 heterocycles. The van der Waals surface area contributed by atoms with E-state index in [1.54, 1.807) is 24.3 Å². The molecule has 0 aliphatic carbocycles. The average molecular weight is 352 g/mol. The molecule has 0 radical (unpaired) electrons. The van der Waals surface area contributed by atoms with Gasteiger partial charge in [0, 0.05) is 6.92 Å². The third-order valence-electron chi connectivity index (χ3n) is 3.78. The van der Waals surface area contributed by atoms with Gasteiger partial charge >= 0.3 is 11.9 Å². The lowest BCUT2D eigenvalue weighted by atomic mass is 10.1. The minimum absolute atomic E-state index is 0.159. The molecule has 1 aromatic carbocycles. The normalized spacial score (nSPS) is 30.6. The summed E-state index contributed by atoms with van der Waals surface area (Å²) >= 11 is 1.40. The SMILES string of the molecule is CC(=O)OC1SC(COC(=O)c2ccccc2)C2OC(C)(C)OC12. The van der Waals surface area contributed by atoms with E-state index >= 15 is 0 Å². The maximum atomic E-state index is 12.1. The van der Waals surface area contributed by atoms with Crippen LogP contribution in [-0.2, 0) is 23.7 Å². The number of thioether (sulfide) groups is 1. The molecule has 2 saturated heterocycles. The Morgan fingerprint density at radius 2 is 1.83 bits per heavy atom. The summed E-state index contributed by atoms with van der Waals surface area (Å²) in [7, 11) is 0. The van der Waals surface area contributed by atoms with E-state index in [1.165, 1.54) is 18.7 Å². The van der Waals surface area contributed by atoms with Crippen LogP contribution in [0.3, 0.4) is 0 Å². The van der Waals surface area contributed by atoms with Gasteiger partial charge in [-0.3, -0.25) is 4.79 Å². The fourth-order valence-electron chi connectivity index (χ4n) is 2.85. The molecule has 0 bridgehead atoms. The largest absolute Gasteiger partial charge is 0.461 e. The van der Waals surface area contributed by atoms with Crippen molar-refractivity contribution in [3.8, 4) is 0 Å². The summed E-state index contributed by atoms with van der Waals surface area (Å²) in [6.45, 7) is 5.15. The Morgan fingerprint density at radius 3 is 2.50 bits per heavy atom. The van der Waals surface area contributed by atoms with Gasteiger partial charge in [-0.25, -0.2) is 4.79 Å². The standard InChI is InChI=1S/C17H20O6S/c1-10(18)21-16-14-13(22-17(2,3)23-14)12(24-16)9-20-15(19)11-7-5-4-6-8-11/h4-8,12-14,16H,9H2,1-3H3. The number of benzene rings is 1. The first-order valence-corrected chi connectivity index (χ1v) is 8.70. The van der Waals surface area contributed by atoms with Gasteiger partial charge < -0.3 is 18.9 Å². The van der Waals surface area contributed by atoms with E-state index in [0.717, 1.165) is 0 Å². The van der Waals surface area contributed by atoms with E-state index in [9.17, 15) is 9.59 Å². The number of esters is 2. The average Bonchev–Trinajstić information content (AvgIpc) is 3.00. The number of carbonyl (C=O) groups is 2. The van der Waals surface area contributed by atoms with Gasteiger partial charge in [0.15, 0.2) is 11.2 Å². The molecule has 0 saturated carbocycles. The summed E-state index contributed by atoms with van der Waals surface area (Å²) < 4.78 is 22.5. The van der Waals surface area contributed by atoms with Crippen LogP contribution < -0.4 is 0 Å². The molecule has 3 rings (SSSR count). The van der Waals surface area contributed by atoms with E-state index in [-0.39, 0.29) is 36.0 Å². The molecule has 0 aromatic heterocycles. The third-order valence-corrected chi connectivity index (χ3v) is 5.16. The monoisotopic (exact) mass is 352 g/mol. The van der Waals surface area contributed by atoms with E-state index in [4.69, 9.17) is 18.9 Å². The Morgan fingerprint density at radius 1 is 1.17 bits per heavy atom. The molecule has 2 aliphatic heterocycles. The van der Waals surface area contributed by atoms with Crippen molar-refractivity contribution in [3.63, 3.8) is 0 Å². The quantitative estimate of drug-likeness (QED) is 0.770. The molecule has 2 fully saturated rings. The smallest absolute Gasteiger partial charge is 0.338 e. The number of fused-ring (bicyclic) bond motifs is 1. The minimum atomic E-state index is -0.754. The predicted molar refractivity (Wildman–Crippen MR) is 87.5 cm³/mol. The zero-order chi connectivity index (χ0) is 17.3. The summed E-state index contributed by atoms with van der Waals surface area (Å²) in [6, 6.07) is 8.80. The first kappa shape index (κ1) is 17.3. The molecule has 130 valence electrons. The van der Waals surface area contributed by atoms with Crippen molar-refractivity contribution in [2.75, 3.05) is 6.61 Å². The maximum Gasteiger partial charge on any atom is 0.338 e. The minimum Gasteiger partial charge on any atom is -0.461 e. The van der Waals surface area contributed by atoms with Crippen LogP contribution in [0.1, 0.15) is 31.1 Å². The first-order chi connectivity index (χ1) is 11.4. The molecule has 24 heavy (non-hydrogen) atoms. The number of hydrogen-bond acceptors (Lipinski definition) is 7. The molecule has 0 spiro atoms. The van der Waals surface area contributed by atoms with Gasteiger partial charge in [0.05, 0.1) is 10.8 Å². The fourth-order valence-corrected chi connectivity index (χ4v) is 4.26. The van der Waals surface area contributed by atoms with Crippen LogP contribution in [0.25, 0.3) is 0 Å². The van der Waals surface area contributed by atoms with Crippen molar-refractivity contribution in [2.45, 2.75) is 49.5 Å². The topological polar surface area (TPSA) is 71.1 Å². The van der Waals surface area contributed by atoms with Crippen LogP contribution >= 0.6 is 11.8 Å². The Labute approximate surface area is 144 Å². The highest BCUT2D eigenvalue weighted by atomic mass is 32.2. The Hall–Kier alpha value is -1.57. The predicted octanol–water partition coefficient (Wildman–Crippen LogP) is 2.37. The number of rotatable bonds is 4. The molecule has 4 atom stereocenters. The van der Waals surface area contributed by atoms with Crippen molar-refractivity contribution < 1.29 is 28.5 Å². The molecular formula is C17H20O6S. The maximum absolute atomic E-state index is 12.1. The van der Waals surface area contributed by atoms with E-state index in [2.05, 4.69) is 0 Å². The van der Waals surface area contributed by atoms with Crippen LogP contribution in [0, 0.1) is 0 Å². The fraction of sp³-hybridized carbons (Fsp3) is 0.529. The highest BCUT2D eigenvalue weighted by Gasteiger charge is 2.56. The second-order valence-electron chi connectivity index (χ2n) is 6.18. The third kappa shape index (κ3) is 3.74. The summed E-state index contributed by atoms with van der Waals surface area (Å²) in [6.07, 6.45) is -0.660. The van der Waals surface area contributed by atoms with Crippen LogP contribution in [0.4, 0.5) is 0 Å². The zero-order valence-electron chi connectivity index (χ0n) is 13.8. The van der Waals surface area contributed by atoms with E-state index in [0.29, 0.717) is 5.56 Å². The Kier molecular flexibility index (Phi) is 4.85. The van der Waals surface area contributed by atoms with Crippen LogP contribution in [0.2, 0.25) is 0 Å². The second kappa shape index (κ2) is 6.74. The van der Waals surface area contributed by atoms with Gasteiger partial charge in [-0.05, 0) is 26.0 Å². The first-order valence-electron chi connectivity index (χ1n) is 7.76. The van der Waals surface area contributed by atoms with Gasteiger partial charge in [-0.15, -0.1) is 11.8 Å². The Balaban J connectivity index is 1.64. The lowest BCUT2D eigenvalue weighted by Gasteiger charge is -2.23. The molecule has 2 aliphatic rings. The summed E-state index contributed by atoms with van der Waals surface area (Å²) in [5.41, 5.74) is 0.0344. The van der Waals surface area contributed by atoms with Gasteiger partial charge in [0.1, 0.15) is 18.8 Å². The highest BCUT2D eigenvalue weighted by molar-refractivity contribution is 8.00. The van der Waals surface area contributed by atoms with Crippen molar-refractivity contribution >= 4 is 23.7 Å².